The van der Waals surface area contributed by atoms with E-state index in [0.29, 0.717) is 6.04 Å². The van der Waals surface area contributed by atoms with Gasteiger partial charge in [0.15, 0.2) is 0 Å². The van der Waals surface area contributed by atoms with Gasteiger partial charge in [-0.15, -0.1) is 0 Å². The molecule has 1 atom stereocenters. The summed E-state index contributed by atoms with van der Waals surface area (Å²) >= 11 is 0. The Kier molecular flexibility index (Phi) is 3.19. The van der Waals surface area contributed by atoms with Gasteiger partial charge in [0.25, 0.3) is 0 Å². The molecule has 2 rings (SSSR count). The minimum absolute atomic E-state index is 0.649. The number of nitrogens with one attached hydrogen (secondary N) is 2. The van der Waals surface area contributed by atoms with E-state index < -0.39 is 0 Å². The van der Waals surface area contributed by atoms with E-state index in [-0.39, 0.29) is 0 Å². The number of hydrogen-bond acceptors (Lipinski definition) is 2. The van der Waals surface area contributed by atoms with Crippen molar-refractivity contribution in [1.82, 2.24) is 15.3 Å². The molecule has 1 aliphatic rings. The summed E-state index contributed by atoms with van der Waals surface area (Å²) in [6.45, 7) is 3.37. The molecule has 1 saturated heterocycles. The predicted octanol–water partition coefficient (Wildman–Crippen LogP) is 1.66. The summed E-state index contributed by atoms with van der Waals surface area (Å²) in [7, 11) is 0. The molecule has 2 N–H and O–H groups in total. The average molecular weight is 193 g/mol. The van der Waals surface area contributed by atoms with Crippen LogP contribution < -0.4 is 5.32 Å². The fourth-order valence-electron chi connectivity index (χ4n) is 2.07. The van der Waals surface area contributed by atoms with E-state index in [1.165, 1.54) is 31.5 Å². The summed E-state index contributed by atoms with van der Waals surface area (Å²) in [5, 5.41) is 3.49. The number of aromatic nitrogens is 2. The van der Waals surface area contributed by atoms with Gasteiger partial charge in [-0.1, -0.05) is 13.3 Å². The number of nitrogens with zero attached hydrogens (tertiary/aromatic N) is 1. The molecule has 3 heteroatoms. The summed E-state index contributed by atoms with van der Waals surface area (Å²) < 4.78 is 0. The molecule has 0 radical (unpaired) electrons. The first kappa shape index (κ1) is 9.71. The third-order valence-electron chi connectivity index (χ3n) is 2.80. The molecule has 0 aliphatic carbocycles. The second-order valence-electron chi connectivity index (χ2n) is 4.10. The zero-order valence-electron chi connectivity index (χ0n) is 8.84. The van der Waals surface area contributed by atoms with Crippen LogP contribution in [-0.2, 0) is 12.8 Å². The van der Waals surface area contributed by atoms with Crippen LogP contribution in [0.2, 0.25) is 0 Å². The standard InChI is InChI=1S/C11H19N3/c1-2-4-10-8-13-11(14-10)7-9-5-3-6-12-9/h8-9,12H,2-7H2,1H3,(H,13,14). The molecule has 0 saturated carbocycles. The van der Waals surface area contributed by atoms with Crippen LogP contribution in [0.3, 0.4) is 0 Å². The molecule has 78 valence electrons. The van der Waals surface area contributed by atoms with E-state index in [9.17, 15) is 0 Å². The quantitative estimate of drug-likeness (QED) is 0.763. The van der Waals surface area contributed by atoms with Gasteiger partial charge < -0.3 is 10.3 Å². The first-order chi connectivity index (χ1) is 6.88. The minimum Gasteiger partial charge on any atom is -0.346 e. The smallest absolute Gasteiger partial charge is 0.107 e. The number of aryl methyl sites for hydroxylation is 1. The van der Waals surface area contributed by atoms with Gasteiger partial charge >= 0.3 is 0 Å². The highest BCUT2D eigenvalue weighted by molar-refractivity contribution is 5.03. The molecule has 1 unspecified atom stereocenters. The zero-order valence-corrected chi connectivity index (χ0v) is 8.84. The maximum absolute atomic E-state index is 4.40. The monoisotopic (exact) mass is 193 g/mol. The fourth-order valence-corrected chi connectivity index (χ4v) is 2.07. The number of rotatable bonds is 4. The van der Waals surface area contributed by atoms with E-state index >= 15 is 0 Å². The average Bonchev–Trinajstić information content (AvgIpc) is 2.79. The Bertz CT molecular complexity index is 274. The van der Waals surface area contributed by atoms with Crippen molar-refractivity contribution >= 4 is 0 Å². The SMILES string of the molecule is CCCc1cnc(CC2CCCN2)[nH]1. The molecular formula is C11H19N3. The van der Waals surface area contributed by atoms with Gasteiger partial charge in [-0.25, -0.2) is 4.98 Å². The van der Waals surface area contributed by atoms with Crippen LogP contribution in [-0.4, -0.2) is 22.6 Å². The normalized spacial score (nSPS) is 21.6. The lowest BCUT2D eigenvalue weighted by Gasteiger charge is -2.06. The number of H-pyrrole nitrogens is 1. The minimum atomic E-state index is 0.649. The van der Waals surface area contributed by atoms with Crippen molar-refractivity contribution in [1.29, 1.82) is 0 Å². The molecule has 14 heavy (non-hydrogen) atoms. The molecular weight excluding hydrogens is 174 g/mol. The Hall–Kier alpha value is -0.830. The molecule has 3 nitrogen and oxygen atoms in total. The molecule has 1 aliphatic heterocycles. The lowest BCUT2D eigenvalue weighted by molar-refractivity contribution is 0.588. The van der Waals surface area contributed by atoms with Crippen molar-refractivity contribution in [2.45, 2.75) is 45.1 Å². The molecule has 0 aromatic carbocycles. The van der Waals surface area contributed by atoms with Crippen LogP contribution >= 0.6 is 0 Å². The first-order valence-electron chi connectivity index (χ1n) is 5.64. The Morgan fingerprint density at radius 2 is 2.50 bits per heavy atom. The van der Waals surface area contributed by atoms with Crippen LogP contribution in [0.15, 0.2) is 6.20 Å². The van der Waals surface area contributed by atoms with Crippen molar-refractivity contribution in [3.05, 3.63) is 17.7 Å². The molecule has 0 spiro atoms. The van der Waals surface area contributed by atoms with Gasteiger partial charge in [0.05, 0.1) is 0 Å². The number of aromatic amines is 1. The van der Waals surface area contributed by atoms with Gasteiger partial charge in [-0.05, 0) is 25.8 Å². The first-order valence-corrected chi connectivity index (χ1v) is 5.64. The van der Waals surface area contributed by atoms with Gasteiger partial charge in [0.1, 0.15) is 5.82 Å². The van der Waals surface area contributed by atoms with Gasteiger partial charge in [-0.3, -0.25) is 0 Å². The van der Waals surface area contributed by atoms with Crippen LogP contribution in [0.5, 0.6) is 0 Å². The van der Waals surface area contributed by atoms with Crippen LogP contribution in [0.25, 0.3) is 0 Å². The van der Waals surface area contributed by atoms with Gasteiger partial charge in [0.2, 0.25) is 0 Å². The molecule has 0 bridgehead atoms. The largest absolute Gasteiger partial charge is 0.346 e. The summed E-state index contributed by atoms with van der Waals surface area (Å²) in [6, 6.07) is 0.649. The lowest BCUT2D eigenvalue weighted by atomic mass is 10.1. The lowest BCUT2D eigenvalue weighted by Crippen LogP contribution is -2.24. The third kappa shape index (κ3) is 2.35. The topological polar surface area (TPSA) is 40.7 Å². The number of hydrogen-bond donors (Lipinski definition) is 2. The van der Waals surface area contributed by atoms with E-state index in [4.69, 9.17) is 0 Å². The molecule has 0 amide bonds. The van der Waals surface area contributed by atoms with Crippen LogP contribution in [0, 0.1) is 0 Å². The highest BCUT2D eigenvalue weighted by Gasteiger charge is 2.15. The van der Waals surface area contributed by atoms with Crippen molar-refractivity contribution in [3.63, 3.8) is 0 Å². The van der Waals surface area contributed by atoms with E-state index in [1.54, 1.807) is 0 Å². The van der Waals surface area contributed by atoms with Crippen molar-refractivity contribution in [3.8, 4) is 0 Å². The van der Waals surface area contributed by atoms with E-state index in [1.807, 2.05) is 6.20 Å². The number of imidazole rings is 1. The van der Waals surface area contributed by atoms with Crippen molar-refractivity contribution in [2.75, 3.05) is 6.54 Å². The maximum atomic E-state index is 4.40. The van der Waals surface area contributed by atoms with Crippen molar-refractivity contribution < 1.29 is 0 Å². The van der Waals surface area contributed by atoms with E-state index in [2.05, 4.69) is 22.2 Å². The van der Waals surface area contributed by atoms with Gasteiger partial charge in [-0.2, -0.15) is 0 Å². The summed E-state index contributed by atoms with van der Waals surface area (Å²) in [6.07, 6.45) is 7.95. The predicted molar refractivity (Wildman–Crippen MR) is 57.3 cm³/mol. The summed E-state index contributed by atoms with van der Waals surface area (Å²) in [5.41, 5.74) is 1.28. The summed E-state index contributed by atoms with van der Waals surface area (Å²) in [4.78, 5) is 7.79. The highest BCUT2D eigenvalue weighted by Crippen LogP contribution is 2.10. The summed E-state index contributed by atoms with van der Waals surface area (Å²) in [5.74, 6) is 1.15. The molecule has 2 heterocycles. The second-order valence-corrected chi connectivity index (χ2v) is 4.10. The Labute approximate surface area is 85.3 Å². The molecule has 1 aromatic heterocycles. The van der Waals surface area contributed by atoms with E-state index in [0.717, 1.165) is 18.7 Å². The second kappa shape index (κ2) is 4.60. The Morgan fingerprint density at radius 1 is 1.57 bits per heavy atom. The molecule has 1 fully saturated rings. The fraction of sp³-hybridized carbons (Fsp3) is 0.727. The highest BCUT2D eigenvalue weighted by atomic mass is 15.0. The van der Waals surface area contributed by atoms with Gasteiger partial charge in [0, 0.05) is 24.4 Å². The maximum Gasteiger partial charge on any atom is 0.107 e. The Morgan fingerprint density at radius 3 is 3.21 bits per heavy atom. The van der Waals surface area contributed by atoms with Crippen LogP contribution in [0.1, 0.15) is 37.7 Å². The third-order valence-corrected chi connectivity index (χ3v) is 2.80. The van der Waals surface area contributed by atoms with Crippen molar-refractivity contribution in [2.24, 2.45) is 0 Å². The Balaban J connectivity index is 1.88. The van der Waals surface area contributed by atoms with Crippen LogP contribution in [0.4, 0.5) is 0 Å². The molecule has 1 aromatic rings. The zero-order chi connectivity index (χ0) is 9.80.